The van der Waals surface area contributed by atoms with Crippen LogP contribution in [0.2, 0.25) is 0 Å². The number of hydrogen-bond donors (Lipinski definition) is 0. The standard InChI is InChI=1S/C8H6O4/c9-5-3-4-11-8(5)6-1-2-7(10)12-6/h1-4,6,8H. The summed E-state index contributed by atoms with van der Waals surface area (Å²) in [6.07, 6.45) is 4.22. The average Bonchev–Trinajstić information content (AvgIpc) is 2.58. The van der Waals surface area contributed by atoms with Crippen molar-refractivity contribution in [3.8, 4) is 0 Å². The number of carbonyl (C=O) groups is 2. The molecule has 0 N–H and O–H groups in total. The van der Waals surface area contributed by atoms with Gasteiger partial charge in [0.05, 0.1) is 6.26 Å². The molecular weight excluding hydrogens is 160 g/mol. The predicted molar refractivity (Wildman–Crippen MR) is 38.0 cm³/mol. The Morgan fingerprint density at radius 2 is 2.08 bits per heavy atom. The highest BCUT2D eigenvalue weighted by atomic mass is 16.6. The van der Waals surface area contributed by atoms with E-state index in [1.807, 2.05) is 0 Å². The van der Waals surface area contributed by atoms with Gasteiger partial charge in [-0.3, -0.25) is 4.79 Å². The van der Waals surface area contributed by atoms with Crippen LogP contribution >= 0.6 is 0 Å². The second-order valence-electron chi connectivity index (χ2n) is 2.52. The van der Waals surface area contributed by atoms with Crippen molar-refractivity contribution in [2.24, 2.45) is 0 Å². The molecule has 0 aromatic rings. The summed E-state index contributed by atoms with van der Waals surface area (Å²) in [5, 5.41) is 0. The molecule has 4 nitrogen and oxygen atoms in total. The molecule has 0 amide bonds. The normalized spacial score (nSPS) is 32.3. The number of cyclic esters (lactones) is 1. The van der Waals surface area contributed by atoms with E-state index in [-0.39, 0.29) is 5.78 Å². The Morgan fingerprint density at radius 3 is 2.58 bits per heavy atom. The second-order valence-corrected chi connectivity index (χ2v) is 2.52. The van der Waals surface area contributed by atoms with Crippen LogP contribution in [0.25, 0.3) is 0 Å². The van der Waals surface area contributed by atoms with Crippen molar-refractivity contribution in [3.63, 3.8) is 0 Å². The lowest BCUT2D eigenvalue weighted by molar-refractivity contribution is -0.144. The van der Waals surface area contributed by atoms with Crippen molar-refractivity contribution < 1.29 is 19.1 Å². The Balaban J connectivity index is 2.08. The molecule has 0 bridgehead atoms. The molecule has 0 saturated carbocycles. The highest BCUT2D eigenvalue weighted by Crippen LogP contribution is 2.17. The van der Waals surface area contributed by atoms with Gasteiger partial charge in [-0.2, -0.15) is 0 Å². The van der Waals surface area contributed by atoms with Crippen LogP contribution in [0, 0.1) is 0 Å². The molecule has 4 heteroatoms. The molecule has 2 unspecified atom stereocenters. The Kier molecular flexibility index (Phi) is 1.46. The van der Waals surface area contributed by atoms with Crippen LogP contribution < -0.4 is 0 Å². The zero-order chi connectivity index (χ0) is 8.55. The quantitative estimate of drug-likeness (QED) is 0.512. The summed E-state index contributed by atoms with van der Waals surface area (Å²) in [6, 6.07) is 0. The van der Waals surface area contributed by atoms with Gasteiger partial charge in [-0.15, -0.1) is 0 Å². The number of carbonyl (C=O) groups excluding carboxylic acids is 2. The lowest BCUT2D eigenvalue weighted by Gasteiger charge is -2.14. The van der Waals surface area contributed by atoms with E-state index in [2.05, 4.69) is 0 Å². The van der Waals surface area contributed by atoms with Crippen LogP contribution in [-0.2, 0) is 19.1 Å². The first-order valence-electron chi connectivity index (χ1n) is 3.52. The van der Waals surface area contributed by atoms with Gasteiger partial charge in [0.25, 0.3) is 0 Å². The molecule has 2 aliphatic rings. The number of hydrogen-bond acceptors (Lipinski definition) is 4. The van der Waals surface area contributed by atoms with E-state index < -0.39 is 18.2 Å². The van der Waals surface area contributed by atoms with Crippen molar-refractivity contribution >= 4 is 11.8 Å². The van der Waals surface area contributed by atoms with E-state index in [4.69, 9.17) is 9.47 Å². The molecule has 0 aliphatic carbocycles. The summed E-state index contributed by atoms with van der Waals surface area (Å²) in [5.41, 5.74) is 0. The minimum absolute atomic E-state index is 0.167. The minimum atomic E-state index is -0.673. The van der Waals surface area contributed by atoms with Crippen LogP contribution in [0.1, 0.15) is 0 Å². The van der Waals surface area contributed by atoms with Gasteiger partial charge in [0.2, 0.25) is 11.9 Å². The second kappa shape index (κ2) is 2.48. The molecule has 0 aromatic heterocycles. The highest BCUT2D eigenvalue weighted by molar-refractivity contribution is 5.96. The first kappa shape index (κ1) is 7.09. The average molecular weight is 166 g/mol. The molecule has 2 heterocycles. The fraction of sp³-hybridized carbons (Fsp3) is 0.250. The van der Waals surface area contributed by atoms with Gasteiger partial charge in [0.15, 0.2) is 6.10 Å². The zero-order valence-corrected chi connectivity index (χ0v) is 6.10. The van der Waals surface area contributed by atoms with E-state index in [1.54, 1.807) is 0 Å². The van der Waals surface area contributed by atoms with Gasteiger partial charge in [0.1, 0.15) is 0 Å². The molecule has 2 atom stereocenters. The Bertz CT molecular complexity index is 289. The molecule has 2 rings (SSSR count). The Morgan fingerprint density at radius 1 is 1.25 bits per heavy atom. The van der Waals surface area contributed by atoms with E-state index >= 15 is 0 Å². The largest absolute Gasteiger partial charge is 0.485 e. The first-order valence-corrected chi connectivity index (χ1v) is 3.52. The van der Waals surface area contributed by atoms with Gasteiger partial charge < -0.3 is 9.47 Å². The van der Waals surface area contributed by atoms with Crippen molar-refractivity contribution in [2.45, 2.75) is 12.2 Å². The van der Waals surface area contributed by atoms with E-state index in [9.17, 15) is 9.59 Å². The molecular formula is C8H6O4. The molecule has 0 spiro atoms. The third-order valence-corrected chi connectivity index (χ3v) is 1.71. The number of ketones is 1. The number of ether oxygens (including phenoxy) is 2. The number of esters is 1. The van der Waals surface area contributed by atoms with Crippen molar-refractivity contribution in [3.05, 3.63) is 24.5 Å². The van der Waals surface area contributed by atoms with Crippen LogP contribution in [0.4, 0.5) is 0 Å². The third-order valence-electron chi connectivity index (χ3n) is 1.71. The van der Waals surface area contributed by atoms with Crippen LogP contribution in [0.3, 0.4) is 0 Å². The van der Waals surface area contributed by atoms with E-state index in [0.717, 1.165) is 0 Å². The van der Waals surface area contributed by atoms with Gasteiger partial charge in [0, 0.05) is 12.2 Å². The van der Waals surface area contributed by atoms with Crippen molar-refractivity contribution in [2.75, 3.05) is 0 Å². The van der Waals surface area contributed by atoms with Gasteiger partial charge in [-0.05, 0) is 6.08 Å². The monoisotopic (exact) mass is 166 g/mol. The zero-order valence-electron chi connectivity index (χ0n) is 6.10. The molecule has 0 saturated heterocycles. The maximum Gasteiger partial charge on any atom is 0.331 e. The molecule has 0 radical (unpaired) electrons. The topological polar surface area (TPSA) is 52.6 Å². The van der Waals surface area contributed by atoms with Crippen LogP contribution in [0.5, 0.6) is 0 Å². The molecule has 2 aliphatic heterocycles. The minimum Gasteiger partial charge on any atom is -0.485 e. The van der Waals surface area contributed by atoms with Crippen molar-refractivity contribution in [1.29, 1.82) is 0 Å². The molecule has 62 valence electrons. The lowest BCUT2D eigenvalue weighted by Crippen LogP contribution is -2.31. The fourth-order valence-electron chi connectivity index (χ4n) is 1.14. The summed E-state index contributed by atoms with van der Waals surface area (Å²) in [7, 11) is 0. The van der Waals surface area contributed by atoms with Crippen LogP contribution in [0.15, 0.2) is 24.5 Å². The van der Waals surface area contributed by atoms with Crippen molar-refractivity contribution in [1.82, 2.24) is 0 Å². The van der Waals surface area contributed by atoms with Crippen LogP contribution in [-0.4, -0.2) is 24.0 Å². The first-order chi connectivity index (χ1) is 5.77. The predicted octanol–water partition coefficient (Wildman–Crippen LogP) is -0.0504. The third kappa shape index (κ3) is 1.01. The summed E-state index contributed by atoms with van der Waals surface area (Å²) in [6.45, 7) is 0. The Labute approximate surface area is 68.5 Å². The molecule has 12 heavy (non-hydrogen) atoms. The number of rotatable bonds is 1. The Hall–Kier alpha value is -1.58. The lowest BCUT2D eigenvalue weighted by atomic mass is 10.1. The maximum absolute atomic E-state index is 11.0. The summed E-state index contributed by atoms with van der Waals surface area (Å²) in [4.78, 5) is 21.7. The fourth-order valence-corrected chi connectivity index (χ4v) is 1.14. The smallest absolute Gasteiger partial charge is 0.331 e. The van der Waals surface area contributed by atoms with Gasteiger partial charge >= 0.3 is 5.97 Å². The molecule has 0 aromatic carbocycles. The summed E-state index contributed by atoms with van der Waals surface area (Å²) < 4.78 is 9.72. The summed E-state index contributed by atoms with van der Waals surface area (Å²) >= 11 is 0. The van der Waals surface area contributed by atoms with E-state index in [0.29, 0.717) is 0 Å². The van der Waals surface area contributed by atoms with E-state index in [1.165, 1.54) is 24.5 Å². The maximum atomic E-state index is 11.0. The van der Waals surface area contributed by atoms with Gasteiger partial charge in [-0.25, -0.2) is 4.79 Å². The SMILES string of the molecule is O=C1C=CC(C2OC=CC2=O)O1. The highest BCUT2D eigenvalue weighted by Gasteiger charge is 2.34. The summed E-state index contributed by atoms with van der Waals surface area (Å²) in [5.74, 6) is -0.595. The molecule has 0 fully saturated rings. The van der Waals surface area contributed by atoms with Gasteiger partial charge in [-0.1, -0.05) is 0 Å².